The molecule has 1 saturated heterocycles. The van der Waals surface area contributed by atoms with Crippen molar-refractivity contribution < 1.29 is 9.53 Å². The van der Waals surface area contributed by atoms with Gasteiger partial charge in [0.25, 0.3) is 0 Å². The third kappa shape index (κ3) is 5.01. The Morgan fingerprint density at radius 1 is 1.37 bits per heavy atom. The molecular weight excluding hydrogens is 342 g/mol. The molecule has 1 aliphatic rings. The van der Waals surface area contributed by atoms with Gasteiger partial charge in [0.1, 0.15) is 5.82 Å². The van der Waals surface area contributed by atoms with Crippen molar-refractivity contribution >= 4 is 11.7 Å². The van der Waals surface area contributed by atoms with E-state index in [1.165, 1.54) is 0 Å². The standard InChI is InChI=1S/C20H27N5O2/c1-14-11-18(24-19(22-14)17-5-4-8-21-12-17)25-9-6-16(7-10-25)20(26)23-15(2)13-27-3/h4-5,8,11-12,15-16H,6-7,9-10,13H2,1-3H3,(H,23,26)/t15-/m0/s1. The summed E-state index contributed by atoms with van der Waals surface area (Å²) in [7, 11) is 1.64. The predicted molar refractivity (Wildman–Crippen MR) is 104 cm³/mol. The average Bonchev–Trinajstić information content (AvgIpc) is 2.68. The molecular formula is C20H27N5O2. The zero-order chi connectivity index (χ0) is 19.2. The molecule has 1 fully saturated rings. The molecule has 27 heavy (non-hydrogen) atoms. The first-order valence-corrected chi connectivity index (χ1v) is 9.37. The van der Waals surface area contributed by atoms with Crippen molar-refractivity contribution in [2.45, 2.75) is 32.7 Å². The lowest BCUT2D eigenvalue weighted by Crippen LogP contribution is -2.44. The number of rotatable bonds is 6. The number of hydrogen-bond donors (Lipinski definition) is 1. The summed E-state index contributed by atoms with van der Waals surface area (Å²) in [5, 5.41) is 3.03. The van der Waals surface area contributed by atoms with Gasteiger partial charge in [0.15, 0.2) is 5.82 Å². The van der Waals surface area contributed by atoms with Crippen LogP contribution in [0.5, 0.6) is 0 Å². The third-order valence-electron chi connectivity index (χ3n) is 4.76. The minimum absolute atomic E-state index is 0.0343. The molecule has 0 aromatic carbocycles. The monoisotopic (exact) mass is 369 g/mol. The molecule has 0 bridgehead atoms. The molecule has 1 amide bonds. The second-order valence-electron chi connectivity index (χ2n) is 7.06. The van der Waals surface area contributed by atoms with Crippen LogP contribution in [0.15, 0.2) is 30.6 Å². The summed E-state index contributed by atoms with van der Waals surface area (Å²) < 4.78 is 5.08. The first kappa shape index (κ1) is 19.2. The van der Waals surface area contributed by atoms with Gasteiger partial charge in [-0.3, -0.25) is 9.78 Å². The Balaban J connectivity index is 1.64. The molecule has 0 saturated carbocycles. The number of aromatic nitrogens is 3. The van der Waals surface area contributed by atoms with Crippen molar-refractivity contribution in [2.24, 2.45) is 5.92 Å². The van der Waals surface area contributed by atoms with Crippen LogP contribution in [-0.2, 0) is 9.53 Å². The fraction of sp³-hybridized carbons (Fsp3) is 0.500. The minimum Gasteiger partial charge on any atom is -0.383 e. The van der Waals surface area contributed by atoms with Gasteiger partial charge in [0.05, 0.1) is 6.61 Å². The Kier molecular flexibility index (Phi) is 6.34. The Hall–Kier alpha value is -2.54. The lowest BCUT2D eigenvalue weighted by atomic mass is 9.95. The van der Waals surface area contributed by atoms with Crippen molar-refractivity contribution in [3.05, 3.63) is 36.3 Å². The van der Waals surface area contributed by atoms with Crippen LogP contribution in [0.3, 0.4) is 0 Å². The molecule has 0 radical (unpaired) electrons. The Morgan fingerprint density at radius 3 is 2.81 bits per heavy atom. The van der Waals surface area contributed by atoms with Crippen LogP contribution in [0.2, 0.25) is 0 Å². The van der Waals surface area contributed by atoms with E-state index >= 15 is 0 Å². The number of anilines is 1. The quantitative estimate of drug-likeness (QED) is 0.841. The molecule has 1 aliphatic heterocycles. The average molecular weight is 369 g/mol. The SMILES string of the molecule is COC[C@H](C)NC(=O)C1CCN(c2cc(C)nc(-c3cccnc3)n2)CC1. The Bertz CT molecular complexity index is 760. The zero-order valence-corrected chi connectivity index (χ0v) is 16.2. The largest absolute Gasteiger partial charge is 0.383 e. The van der Waals surface area contributed by atoms with Gasteiger partial charge in [-0.05, 0) is 38.8 Å². The lowest BCUT2D eigenvalue weighted by molar-refractivity contribution is -0.126. The molecule has 0 unspecified atom stereocenters. The number of aryl methyl sites for hydroxylation is 1. The lowest BCUT2D eigenvalue weighted by Gasteiger charge is -2.32. The van der Waals surface area contributed by atoms with E-state index in [2.05, 4.69) is 20.2 Å². The van der Waals surface area contributed by atoms with Crippen LogP contribution >= 0.6 is 0 Å². The number of methoxy groups -OCH3 is 1. The van der Waals surface area contributed by atoms with Gasteiger partial charge in [0.2, 0.25) is 5.91 Å². The van der Waals surface area contributed by atoms with Crippen molar-refractivity contribution in [1.82, 2.24) is 20.3 Å². The highest BCUT2D eigenvalue weighted by Crippen LogP contribution is 2.25. The summed E-state index contributed by atoms with van der Waals surface area (Å²) in [6.45, 7) is 6.07. The van der Waals surface area contributed by atoms with Crippen LogP contribution in [-0.4, -0.2) is 53.7 Å². The highest BCUT2D eigenvalue weighted by atomic mass is 16.5. The van der Waals surface area contributed by atoms with Crippen LogP contribution in [0.4, 0.5) is 5.82 Å². The normalized spacial score (nSPS) is 16.2. The van der Waals surface area contributed by atoms with E-state index in [0.29, 0.717) is 12.4 Å². The highest BCUT2D eigenvalue weighted by Gasteiger charge is 2.26. The number of carbonyl (C=O) groups excluding carboxylic acids is 1. The maximum Gasteiger partial charge on any atom is 0.223 e. The fourth-order valence-electron chi connectivity index (χ4n) is 3.36. The molecule has 1 atom stereocenters. The molecule has 1 N–H and O–H groups in total. The number of piperidine rings is 1. The van der Waals surface area contributed by atoms with Gasteiger partial charge in [-0.1, -0.05) is 0 Å². The summed E-state index contributed by atoms with van der Waals surface area (Å²) in [6, 6.07) is 5.88. The third-order valence-corrected chi connectivity index (χ3v) is 4.76. The summed E-state index contributed by atoms with van der Waals surface area (Å²) in [5.41, 5.74) is 1.83. The molecule has 0 aliphatic carbocycles. The molecule has 2 aromatic rings. The second kappa shape index (κ2) is 8.90. The van der Waals surface area contributed by atoms with Crippen molar-refractivity contribution in [2.75, 3.05) is 31.7 Å². The molecule has 0 spiro atoms. The Labute approximate surface area is 160 Å². The maximum atomic E-state index is 12.4. The van der Waals surface area contributed by atoms with Gasteiger partial charge >= 0.3 is 0 Å². The van der Waals surface area contributed by atoms with E-state index in [1.807, 2.05) is 32.0 Å². The molecule has 2 aromatic heterocycles. The van der Waals surface area contributed by atoms with Gasteiger partial charge in [-0.25, -0.2) is 9.97 Å². The number of amides is 1. The van der Waals surface area contributed by atoms with Crippen molar-refractivity contribution in [3.63, 3.8) is 0 Å². The molecule has 7 nitrogen and oxygen atoms in total. The number of ether oxygens (including phenoxy) is 1. The van der Waals surface area contributed by atoms with Crippen LogP contribution in [0.25, 0.3) is 11.4 Å². The van der Waals surface area contributed by atoms with E-state index < -0.39 is 0 Å². The smallest absolute Gasteiger partial charge is 0.223 e. The van der Waals surface area contributed by atoms with Gasteiger partial charge in [-0.2, -0.15) is 0 Å². The molecule has 144 valence electrons. The van der Waals surface area contributed by atoms with E-state index in [4.69, 9.17) is 9.72 Å². The zero-order valence-electron chi connectivity index (χ0n) is 16.2. The molecule has 7 heteroatoms. The van der Waals surface area contributed by atoms with E-state index in [1.54, 1.807) is 19.5 Å². The topological polar surface area (TPSA) is 80.2 Å². The number of nitrogens with one attached hydrogen (secondary N) is 1. The predicted octanol–water partition coefficient (Wildman–Crippen LogP) is 2.21. The van der Waals surface area contributed by atoms with Gasteiger partial charge < -0.3 is 15.0 Å². The summed E-state index contributed by atoms with van der Waals surface area (Å²) in [4.78, 5) is 28.1. The van der Waals surface area contributed by atoms with Crippen molar-refractivity contribution in [1.29, 1.82) is 0 Å². The fourth-order valence-corrected chi connectivity index (χ4v) is 3.36. The molecule has 3 rings (SSSR count). The number of nitrogens with zero attached hydrogens (tertiary/aromatic N) is 4. The van der Waals surface area contributed by atoms with Crippen LogP contribution < -0.4 is 10.2 Å². The number of pyridine rings is 1. The van der Waals surface area contributed by atoms with E-state index in [9.17, 15) is 4.79 Å². The summed E-state index contributed by atoms with van der Waals surface area (Å²) in [5.74, 6) is 1.76. The van der Waals surface area contributed by atoms with Crippen LogP contribution in [0, 0.1) is 12.8 Å². The summed E-state index contributed by atoms with van der Waals surface area (Å²) in [6.07, 6.45) is 5.15. The first-order chi connectivity index (χ1) is 13.1. The molecule has 3 heterocycles. The number of hydrogen-bond acceptors (Lipinski definition) is 6. The maximum absolute atomic E-state index is 12.4. The highest BCUT2D eigenvalue weighted by molar-refractivity contribution is 5.79. The first-order valence-electron chi connectivity index (χ1n) is 9.37. The van der Waals surface area contributed by atoms with Crippen molar-refractivity contribution in [3.8, 4) is 11.4 Å². The van der Waals surface area contributed by atoms with E-state index in [-0.39, 0.29) is 17.9 Å². The minimum atomic E-state index is 0.0343. The second-order valence-corrected chi connectivity index (χ2v) is 7.06. The van der Waals surface area contributed by atoms with E-state index in [0.717, 1.165) is 43.0 Å². The number of carbonyl (C=O) groups is 1. The van der Waals surface area contributed by atoms with Gasteiger partial charge in [0, 0.05) is 61.9 Å². The van der Waals surface area contributed by atoms with Gasteiger partial charge in [-0.15, -0.1) is 0 Å². The Morgan fingerprint density at radius 2 is 2.15 bits per heavy atom. The van der Waals surface area contributed by atoms with Crippen LogP contribution in [0.1, 0.15) is 25.5 Å². The summed E-state index contributed by atoms with van der Waals surface area (Å²) >= 11 is 0.